The number of halogens is 1. The largest absolute Gasteiger partial charge is 0.493 e. The average molecular weight is 372 g/mol. The summed E-state index contributed by atoms with van der Waals surface area (Å²) in [5.41, 5.74) is 0.542. The maximum absolute atomic E-state index is 12.8. The van der Waals surface area contributed by atoms with Crippen LogP contribution >= 0.6 is 12.4 Å². The minimum atomic E-state index is -0.235. The van der Waals surface area contributed by atoms with Crippen LogP contribution in [0.3, 0.4) is 0 Å². The Morgan fingerprint density at radius 1 is 1.32 bits per heavy atom. The van der Waals surface area contributed by atoms with Gasteiger partial charge in [-0.15, -0.1) is 12.4 Å². The number of hydrogen-bond acceptors (Lipinski definition) is 5. The van der Waals surface area contributed by atoms with Gasteiger partial charge in [-0.2, -0.15) is 0 Å². The van der Waals surface area contributed by atoms with Crippen LogP contribution in [0, 0.1) is 0 Å². The molecule has 1 heterocycles. The Morgan fingerprint density at radius 3 is 2.68 bits per heavy atom. The fraction of sp³-hybridized carbons (Fsp3) is 0.529. The number of piperazine rings is 1. The van der Waals surface area contributed by atoms with E-state index in [2.05, 4.69) is 17.6 Å². The molecule has 8 heteroatoms. The van der Waals surface area contributed by atoms with E-state index in [4.69, 9.17) is 9.47 Å². The van der Waals surface area contributed by atoms with Gasteiger partial charge >= 0.3 is 0 Å². The van der Waals surface area contributed by atoms with E-state index in [1.54, 1.807) is 25.2 Å². The zero-order valence-electron chi connectivity index (χ0n) is 15.0. The Balaban J connectivity index is 0.00000312. The minimum absolute atomic E-state index is 0. The summed E-state index contributed by atoms with van der Waals surface area (Å²) in [6.45, 7) is 5.45. The molecule has 140 valence electrons. The van der Waals surface area contributed by atoms with Crippen LogP contribution in [-0.4, -0.2) is 62.7 Å². The Kier molecular flexibility index (Phi) is 7.99. The van der Waals surface area contributed by atoms with Crippen molar-refractivity contribution in [1.29, 1.82) is 0 Å². The fourth-order valence-corrected chi connectivity index (χ4v) is 2.64. The molecule has 1 aromatic carbocycles. The highest BCUT2D eigenvalue weighted by Crippen LogP contribution is 2.29. The number of amides is 2. The number of methoxy groups -OCH3 is 1. The third kappa shape index (κ3) is 4.99. The van der Waals surface area contributed by atoms with Gasteiger partial charge in [0.2, 0.25) is 0 Å². The second-order valence-corrected chi connectivity index (χ2v) is 5.81. The maximum atomic E-state index is 12.8. The Hall–Kier alpha value is -1.99. The van der Waals surface area contributed by atoms with Crippen LogP contribution in [0.5, 0.6) is 11.5 Å². The van der Waals surface area contributed by atoms with E-state index in [0.29, 0.717) is 23.6 Å². The highest BCUT2D eigenvalue weighted by Gasteiger charge is 2.29. The molecule has 1 aromatic rings. The van der Waals surface area contributed by atoms with Gasteiger partial charge in [-0.05, 0) is 32.0 Å². The summed E-state index contributed by atoms with van der Waals surface area (Å²) in [5.74, 6) is 0.591. The van der Waals surface area contributed by atoms with Crippen molar-refractivity contribution < 1.29 is 19.1 Å². The zero-order chi connectivity index (χ0) is 17.7. The summed E-state index contributed by atoms with van der Waals surface area (Å²) in [6, 6.07) is 5.37. The molecule has 2 N–H and O–H groups in total. The van der Waals surface area contributed by atoms with Crippen LogP contribution in [0.1, 0.15) is 24.2 Å². The molecule has 0 saturated carbocycles. The lowest BCUT2D eigenvalue weighted by Gasteiger charge is -2.38. The molecule has 2 unspecified atom stereocenters. The van der Waals surface area contributed by atoms with Gasteiger partial charge in [0.1, 0.15) is 0 Å². The van der Waals surface area contributed by atoms with Gasteiger partial charge in [0.15, 0.2) is 18.1 Å². The quantitative estimate of drug-likeness (QED) is 0.809. The van der Waals surface area contributed by atoms with Gasteiger partial charge in [-0.25, -0.2) is 0 Å². The SMILES string of the molecule is CNC(=O)COc1ccc(C(=O)N2CCNC(C)C2C)cc1OC.Cl. The van der Waals surface area contributed by atoms with Crippen molar-refractivity contribution >= 4 is 24.2 Å². The molecule has 1 saturated heterocycles. The summed E-state index contributed by atoms with van der Waals surface area (Å²) >= 11 is 0. The summed E-state index contributed by atoms with van der Waals surface area (Å²) in [6.07, 6.45) is 0. The van der Waals surface area contributed by atoms with Crippen molar-refractivity contribution in [3.63, 3.8) is 0 Å². The second kappa shape index (κ2) is 9.48. The number of benzene rings is 1. The van der Waals surface area contributed by atoms with E-state index < -0.39 is 0 Å². The van der Waals surface area contributed by atoms with Gasteiger partial charge in [-0.3, -0.25) is 9.59 Å². The summed E-state index contributed by atoms with van der Waals surface area (Å²) in [4.78, 5) is 25.9. The van der Waals surface area contributed by atoms with Crippen molar-refractivity contribution in [2.45, 2.75) is 25.9 Å². The first-order valence-electron chi connectivity index (χ1n) is 8.03. The van der Waals surface area contributed by atoms with Crippen LogP contribution in [0.4, 0.5) is 0 Å². The Bertz CT molecular complexity index is 612. The van der Waals surface area contributed by atoms with E-state index in [1.165, 1.54) is 7.11 Å². The van der Waals surface area contributed by atoms with E-state index in [9.17, 15) is 9.59 Å². The lowest BCUT2D eigenvalue weighted by atomic mass is 10.1. The number of rotatable bonds is 5. The van der Waals surface area contributed by atoms with E-state index in [1.807, 2.05) is 11.8 Å². The normalized spacial score (nSPS) is 19.6. The molecular formula is C17H26ClN3O4. The number of likely N-dealkylation sites (N-methyl/N-ethyl adjacent to an activating group) is 1. The number of nitrogens with zero attached hydrogens (tertiary/aromatic N) is 1. The molecule has 0 bridgehead atoms. The van der Waals surface area contributed by atoms with Crippen molar-refractivity contribution in [3.05, 3.63) is 23.8 Å². The molecule has 0 aromatic heterocycles. The highest BCUT2D eigenvalue weighted by atomic mass is 35.5. The number of nitrogens with one attached hydrogen (secondary N) is 2. The van der Waals surface area contributed by atoms with Crippen LogP contribution in [0.2, 0.25) is 0 Å². The van der Waals surface area contributed by atoms with Crippen LogP contribution in [0.15, 0.2) is 18.2 Å². The first-order valence-corrected chi connectivity index (χ1v) is 8.03. The lowest BCUT2D eigenvalue weighted by Crippen LogP contribution is -2.57. The minimum Gasteiger partial charge on any atom is -0.493 e. The van der Waals surface area contributed by atoms with Gasteiger partial charge in [-0.1, -0.05) is 0 Å². The first-order chi connectivity index (χ1) is 11.5. The standard InChI is InChI=1S/C17H25N3O4.ClH/c1-11-12(2)20(8-7-19-11)17(22)13-5-6-14(15(9-13)23-4)24-10-16(21)18-3;/h5-6,9,11-12,19H,7-8,10H2,1-4H3,(H,18,21);1H. The molecule has 0 aliphatic carbocycles. The molecule has 1 fully saturated rings. The third-order valence-electron chi connectivity index (χ3n) is 4.34. The van der Waals surface area contributed by atoms with Gasteiger partial charge in [0, 0.05) is 37.8 Å². The number of carbonyl (C=O) groups is 2. The van der Waals surface area contributed by atoms with Crippen LogP contribution < -0.4 is 20.1 Å². The third-order valence-corrected chi connectivity index (χ3v) is 4.34. The molecule has 7 nitrogen and oxygen atoms in total. The van der Waals surface area contributed by atoms with Crippen molar-refractivity contribution in [1.82, 2.24) is 15.5 Å². The molecule has 25 heavy (non-hydrogen) atoms. The van der Waals surface area contributed by atoms with Crippen LogP contribution in [-0.2, 0) is 4.79 Å². The Morgan fingerprint density at radius 2 is 2.04 bits per heavy atom. The molecule has 0 spiro atoms. The van der Waals surface area contributed by atoms with Crippen molar-refractivity contribution in [3.8, 4) is 11.5 Å². The second-order valence-electron chi connectivity index (χ2n) is 5.81. The van der Waals surface area contributed by atoms with Gasteiger partial charge in [0.05, 0.1) is 7.11 Å². The van der Waals surface area contributed by atoms with Crippen LogP contribution in [0.25, 0.3) is 0 Å². The summed E-state index contributed by atoms with van der Waals surface area (Å²) in [5, 5.41) is 5.84. The number of carbonyl (C=O) groups excluding carboxylic acids is 2. The van der Waals surface area contributed by atoms with E-state index >= 15 is 0 Å². The molecular weight excluding hydrogens is 346 g/mol. The monoisotopic (exact) mass is 371 g/mol. The van der Waals surface area contributed by atoms with Crippen molar-refractivity contribution in [2.75, 3.05) is 33.9 Å². The van der Waals surface area contributed by atoms with E-state index in [0.717, 1.165) is 6.54 Å². The molecule has 1 aliphatic rings. The predicted molar refractivity (Wildman–Crippen MR) is 97.8 cm³/mol. The first kappa shape index (κ1) is 21.1. The van der Waals surface area contributed by atoms with Gasteiger partial charge in [0.25, 0.3) is 11.8 Å². The Labute approximate surface area is 154 Å². The predicted octanol–water partition coefficient (Wildman–Crippen LogP) is 1.06. The lowest BCUT2D eigenvalue weighted by molar-refractivity contribution is -0.122. The number of ether oxygens (including phenoxy) is 2. The zero-order valence-corrected chi connectivity index (χ0v) is 15.8. The summed E-state index contributed by atoms with van der Waals surface area (Å²) in [7, 11) is 3.05. The highest BCUT2D eigenvalue weighted by molar-refractivity contribution is 5.95. The fourth-order valence-electron chi connectivity index (χ4n) is 2.64. The smallest absolute Gasteiger partial charge is 0.257 e. The maximum Gasteiger partial charge on any atom is 0.257 e. The van der Waals surface area contributed by atoms with E-state index in [-0.39, 0.29) is 42.9 Å². The molecule has 2 atom stereocenters. The van der Waals surface area contributed by atoms with Gasteiger partial charge < -0.3 is 25.0 Å². The molecule has 0 radical (unpaired) electrons. The molecule has 2 amide bonds. The topological polar surface area (TPSA) is 79.9 Å². The summed E-state index contributed by atoms with van der Waals surface area (Å²) < 4.78 is 10.7. The average Bonchev–Trinajstić information content (AvgIpc) is 2.61. The molecule has 1 aliphatic heterocycles. The number of hydrogen-bond donors (Lipinski definition) is 2. The molecule has 2 rings (SSSR count). The van der Waals surface area contributed by atoms with Crippen molar-refractivity contribution in [2.24, 2.45) is 0 Å².